The van der Waals surface area contributed by atoms with Crippen LogP contribution in [-0.2, 0) is 19.6 Å². The number of hydrogen-bond donors (Lipinski definition) is 2. The Balaban J connectivity index is 1.61. The summed E-state index contributed by atoms with van der Waals surface area (Å²) < 4.78 is 31.1. The second kappa shape index (κ2) is 10.3. The van der Waals surface area contributed by atoms with Gasteiger partial charge in [0.2, 0.25) is 5.91 Å². The number of hydrogen-bond acceptors (Lipinski definition) is 8. The number of nitrogens with zero attached hydrogens (tertiary/aromatic N) is 1. The van der Waals surface area contributed by atoms with Crippen molar-refractivity contribution in [1.82, 2.24) is 4.31 Å². The molecule has 3 aromatic rings. The molecule has 13 heteroatoms. The summed E-state index contributed by atoms with van der Waals surface area (Å²) in [6.45, 7) is 2.34. The van der Waals surface area contributed by atoms with Gasteiger partial charge in [-0.2, -0.15) is 0 Å². The third kappa shape index (κ3) is 4.95. The highest BCUT2D eigenvalue weighted by Crippen LogP contribution is 2.35. The first-order chi connectivity index (χ1) is 17.6. The summed E-state index contributed by atoms with van der Waals surface area (Å²) in [6, 6.07) is 12.2. The summed E-state index contributed by atoms with van der Waals surface area (Å²) in [5, 5.41) is 5.41. The lowest BCUT2D eigenvalue weighted by Crippen LogP contribution is -2.37. The molecule has 2 N–H and O–H groups in total. The van der Waals surface area contributed by atoms with Crippen LogP contribution in [0.25, 0.3) is 0 Å². The van der Waals surface area contributed by atoms with Crippen molar-refractivity contribution in [2.75, 3.05) is 23.8 Å². The average Bonchev–Trinajstić information content (AvgIpc) is 3.27. The highest BCUT2D eigenvalue weighted by Gasteiger charge is 2.42. The highest BCUT2D eigenvalue weighted by atomic mass is 35.5. The van der Waals surface area contributed by atoms with Gasteiger partial charge in [0.25, 0.3) is 21.8 Å². The van der Waals surface area contributed by atoms with Gasteiger partial charge in [0, 0.05) is 0 Å². The molecule has 1 aliphatic heterocycles. The topological polar surface area (TPSA) is 139 Å². The van der Waals surface area contributed by atoms with Crippen LogP contribution in [0, 0.1) is 6.92 Å². The Morgan fingerprint density at radius 1 is 1.05 bits per heavy atom. The van der Waals surface area contributed by atoms with Crippen LogP contribution in [0.15, 0.2) is 53.4 Å². The lowest BCUT2D eigenvalue weighted by atomic mass is 10.1. The first-order valence-corrected chi connectivity index (χ1v) is 13.5. The fourth-order valence-electron chi connectivity index (χ4n) is 3.69. The van der Waals surface area contributed by atoms with Gasteiger partial charge in [0.15, 0.2) is 0 Å². The summed E-state index contributed by atoms with van der Waals surface area (Å²) in [5.41, 5.74) is 0.513. The van der Waals surface area contributed by atoms with Crippen LogP contribution in [0.1, 0.15) is 42.9 Å². The number of fused-ring (bicyclic) bond motifs is 1. The number of nitrogens with one attached hydrogen (secondary N) is 2. The summed E-state index contributed by atoms with van der Waals surface area (Å²) >= 11 is 6.93. The molecule has 192 valence electrons. The van der Waals surface area contributed by atoms with E-state index in [-0.39, 0.29) is 38.1 Å². The summed E-state index contributed by atoms with van der Waals surface area (Å²) in [5.74, 6) is -3.07. The molecule has 0 saturated carbocycles. The molecular formula is C24H20ClN3O7S2. The second-order valence-corrected chi connectivity index (χ2v) is 11.0. The maximum absolute atomic E-state index is 13.0. The number of halogens is 1. The van der Waals surface area contributed by atoms with Crippen LogP contribution >= 0.6 is 22.9 Å². The summed E-state index contributed by atoms with van der Waals surface area (Å²) in [6.07, 6.45) is 0. The zero-order valence-electron chi connectivity index (χ0n) is 19.5. The van der Waals surface area contributed by atoms with Crippen LogP contribution in [0.3, 0.4) is 0 Å². The van der Waals surface area contributed by atoms with E-state index in [4.69, 9.17) is 16.3 Å². The van der Waals surface area contributed by atoms with E-state index in [0.29, 0.717) is 15.0 Å². The van der Waals surface area contributed by atoms with Crippen molar-refractivity contribution < 1.29 is 32.3 Å². The minimum atomic E-state index is -4.21. The number of amides is 3. The van der Waals surface area contributed by atoms with Crippen molar-refractivity contribution in [3.8, 4) is 0 Å². The minimum absolute atomic E-state index is 0.0215. The molecule has 0 fully saturated rings. The molecule has 37 heavy (non-hydrogen) atoms. The van der Waals surface area contributed by atoms with Gasteiger partial charge in [-0.3, -0.25) is 14.4 Å². The Labute approximate surface area is 221 Å². The monoisotopic (exact) mass is 561 g/mol. The van der Waals surface area contributed by atoms with Crippen LogP contribution in [0.5, 0.6) is 0 Å². The van der Waals surface area contributed by atoms with Crippen LogP contribution in [0.2, 0.25) is 5.02 Å². The molecule has 0 atom stereocenters. The van der Waals surface area contributed by atoms with E-state index >= 15 is 0 Å². The Morgan fingerprint density at radius 2 is 1.73 bits per heavy atom. The van der Waals surface area contributed by atoms with Gasteiger partial charge in [0.1, 0.15) is 16.4 Å². The number of rotatable bonds is 7. The van der Waals surface area contributed by atoms with E-state index in [1.54, 1.807) is 31.2 Å². The zero-order valence-corrected chi connectivity index (χ0v) is 21.9. The smallest absolute Gasteiger partial charge is 0.341 e. The van der Waals surface area contributed by atoms with E-state index < -0.39 is 40.3 Å². The number of carbonyl (C=O) groups is 4. The highest BCUT2D eigenvalue weighted by molar-refractivity contribution is 7.90. The maximum Gasteiger partial charge on any atom is 0.341 e. The van der Waals surface area contributed by atoms with Gasteiger partial charge in [-0.05, 0) is 43.7 Å². The molecule has 3 amide bonds. The van der Waals surface area contributed by atoms with E-state index in [0.717, 1.165) is 11.3 Å². The van der Waals surface area contributed by atoms with Gasteiger partial charge in [-0.25, -0.2) is 17.5 Å². The summed E-state index contributed by atoms with van der Waals surface area (Å²) in [4.78, 5) is 51.1. The number of carbonyl (C=O) groups excluding carboxylic acids is 4. The Hall–Kier alpha value is -3.74. The number of benzene rings is 2. The Morgan fingerprint density at radius 3 is 2.41 bits per heavy atom. The molecule has 0 aliphatic carbocycles. The Kier molecular flexibility index (Phi) is 7.35. The van der Waals surface area contributed by atoms with Gasteiger partial charge < -0.3 is 15.4 Å². The van der Waals surface area contributed by atoms with Crippen molar-refractivity contribution in [2.45, 2.75) is 18.7 Å². The Bertz CT molecular complexity index is 1550. The number of esters is 1. The number of thiophene rings is 1. The summed E-state index contributed by atoms with van der Waals surface area (Å²) in [7, 11) is -4.21. The van der Waals surface area contributed by atoms with Crippen molar-refractivity contribution in [1.29, 1.82) is 0 Å². The standard InChI is InChI=1S/C24H20ClN3O7S2/c1-3-35-24(32)19-13(2)20(21(30)26-16-10-6-5-9-15(16)25)36-22(19)27-18(29)12-28-23(31)14-8-4-7-11-17(14)37(28,33)34/h4-11H,3,12H2,1-2H3,(H,26,30)(H,27,29). The van der Waals surface area contributed by atoms with E-state index in [2.05, 4.69) is 10.6 Å². The molecular weight excluding hydrogens is 542 g/mol. The lowest BCUT2D eigenvalue weighted by Gasteiger charge is -2.14. The predicted octanol–water partition coefficient (Wildman–Crippen LogP) is 3.92. The molecule has 0 spiro atoms. The third-order valence-corrected chi connectivity index (χ3v) is 8.73. The normalized spacial score (nSPS) is 13.7. The number of ether oxygens (including phenoxy) is 1. The first kappa shape index (κ1) is 26.3. The van der Waals surface area contributed by atoms with Crippen LogP contribution in [0.4, 0.5) is 10.7 Å². The quantitative estimate of drug-likeness (QED) is 0.417. The largest absolute Gasteiger partial charge is 0.462 e. The molecule has 0 saturated heterocycles. The molecule has 2 aromatic carbocycles. The fourth-order valence-corrected chi connectivity index (χ4v) is 6.51. The zero-order chi connectivity index (χ0) is 26.9. The maximum atomic E-state index is 13.0. The van der Waals surface area contributed by atoms with E-state index in [1.807, 2.05) is 0 Å². The third-order valence-electron chi connectivity index (χ3n) is 5.41. The molecule has 0 bridgehead atoms. The van der Waals surface area contributed by atoms with Crippen LogP contribution in [-0.4, -0.2) is 49.6 Å². The second-order valence-electron chi connectivity index (χ2n) is 7.78. The van der Waals surface area contributed by atoms with Gasteiger partial charge in [-0.15, -0.1) is 11.3 Å². The SMILES string of the molecule is CCOC(=O)c1c(NC(=O)CN2C(=O)c3ccccc3S2(=O)=O)sc(C(=O)Nc2ccccc2Cl)c1C. The van der Waals surface area contributed by atoms with Gasteiger partial charge in [-0.1, -0.05) is 35.9 Å². The average molecular weight is 562 g/mol. The molecule has 1 aromatic heterocycles. The van der Waals surface area contributed by atoms with E-state index in [1.165, 1.54) is 31.2 Å². The molecule has 0 radical (unpaired) electrons. The molecule has 4 rings (SSSR count). The minimum Gasteiger partial charge on any atom is -0.462 e. The van der Waals surface area contributed by atoms with Gasteiger partial charge >= 0.3 is 5.97 Å². The molecule has 2 heterocycles. The van der Waals surface area contributed by atoms with Crippen LogP contribution < -0.4 is 10.6 Å². The lowest BCUT2D eigenvalue weighted by molar-refractivity contribution is -0.116. The molecule has 0 unspecified atom stereocenters. The predicted molar refractivity (Wildman–Crippen MR) is 138 cm³/mol. The fraction of sp³-hybridized carbons (Fsp3) is 0.167. The first-order valence-electron chi connectivity index (χ1n) is 10.9. The van der Waals surface area contributed by atoms with Crippen molar-refractivity contribution >= 4 is 67.3 Å². The van der Waals surface area contributed by atoms with Crippen molar-refractivity contribution in [3.63, 3.8) is 0 Å². The molecule has 10 nitrogen and oxygen atoms in total. The van der Waals surface area contributed by atoms with Crippen molar-refractivity contribution in [2.24, 2.45) is 0 Å². The number of para-hydroxylation sites is 1. The number of anilines is 2. The number of sulfonamides is 1. The van der Waals surface area contributed by atoms with Crippen molar-refractivity contribution in [3.05, 3.63) is 75.1 Å². The molecule has 1 aliphatic rings. The van der Waals surface area contributed by atoms with Gasteiger partial charge in [0.05, 0.1) is 33.3 Å². The van der Waals surface area contributed by atoms with E-state index in [9.17, 15) is 27.6 Å².